The van der Waals surface area contributed by atoms with Crippen LogP contribution < -0.4 is 5.01 Å². The van der Waals surface area contributed by atoms with Crippen LogP contribution in [0.4, 0.5) is 5.69 Å². The van der Waals surface area contributed by atoms with Crippen LogP contribution in [0.1, 0.15) is 22.6 Å². The van der Waals surface area contributed by atoms with E-state index in [1.807, 2.05) is 78.8 Å². The molecule has 0 aromatic heterocycles. The van der Waals surface area contributed by atoms with Gasteiger partial charge in [0.25, 0.3) is 5.91 Å². The number of carbonyl (C=O) groups excluding carboxylic acids is 1. The van der Waals surface area contributed by atoms with Crippen LogP contribution in [-0.2, 0) is 11.3 Å². The molecule has 1 aliphatic rings. The van der Waals surface area contributed by atoms with Gasteiger partial charge < -0.3 is 0 Å². The molecule has 0 radical (unpaired) electrons. The van der Waals surface area contributed by atoms with Crippen LogP contribution in [0.2, 0.25) is 10.0 Å². The van der Waals surface area contributed by atoms with Gasteiger partial charge in [0.1, 0.15) is 0 Å². The molecule has 0 saturated carbocycles. The number of benzene rings is 3. The molecule has 0 bridgehead atoms. The summed E-state index contributed by atoms with van der Waals surface area (Å²) in [7, 11) is 1.90. The molecule has 1 atom stereocenters. The summed E-state index contributed by atoms with van der Waals surface area (Å²) >= 11 is 12.3. The lowest BCUT2D eigenvalue weighted by atomic mass is 9.93. The standard InChI is InChI=1S/C22H18Cl2N2O/c1-25(14-16-11-12-17(23)13-19(16)24)26-20-10-6-5-9-18(20)21(22(26)27)15-7-3-2-4-8-15/h2-13,21H,14H2,1H3/t21-/m0/s1. The summed E-state index contributed by atoms with van der Waals surface area (Å²) in [5, 5.41) is 4.84. The van der Waals surface area contributed by atoms with E-state index >= 15 is 0 Å². The SMILES string of the molecule is CN(Cc1ccc(Cl)cc1Cl)N1C(=O)[C@@H](c2ccccc2)c2ccccc21. The molecule has 136 valence electrons. The minimum atomic E-state index is -0.300. The molecular formula is C22H18Cl2N2O. The van der Waals surface area contributed by atoms with Gasteiger partial charge in [-0.1, -0.05) is 77.8 Å². The second-order valence-corrected chi connectivity index (χ2v) is 7.45. The summed E-state index contributed by atoms with van der Waals surface area (Å²) in [5.41, 5.74) is 3.83. The summed E-state index contributed by atoms with van der Waals surface area (Å²) < 4.78 is 0. The first-order valence-corrected chi connectivity index (χ1v) is 9.44. The van der Waals surface area contributed by atoms with Crippen LogP contribution in [0.15, 0.2) is 72.8 Å². The van der Waals surface area contributed by atoms with Crippen molar-refractivity contribution >= 4 is 34.8 Å². The average molecular weight is 397 g/mol. The molecular weight excluding hydrogens is 379 g/mol. The minimum Gasteiger partial charge on any atom is -0.272 e. The predicted octanol–water partition coefficient (Wildman–Crippen LogP) is 5.52. The van der Waals surface area contributed by atoms with Gasteiger partial charge in [0.05, 0.1) is 11.6 Å². The van der Waals surface area contributed by atoms with Crippen molar-refractivity contribution in [3.63, 3.8) is 0 Å². The van der Waals surface area contributed by atoms with Crippen LogP contribution in [0.3, 0.4) is 0 Å². The summed E-state index contributed by atoms with van der Waals surface area (Å²) in [5.74, 6) is -0.263. The van der Waals surface area contributed by atoms with Crippen LogP contribution in [-0.4, -0.2) is 18.0 Å². The van der Waals surface area contributed by atoms with E-state index in [9.17, 15) is 4.79 Å². The number of nitrogens with zero attached hydrogens (tertiary/aromatic N) is 2. The number of anilines is 1. The van der Waals surface area contributed by atoms with E-state index < -0.39 is 0 Å². The fourth-order valence-electron chi connectivity index (χ4n) is 3.59. The molecule has 3 nitrogen and oxygen atoms in total. The third kappa shape index (κ3) is 3.34. The molecule has 1 heterocycles. The smallest absolute Gasteiger partial charge is 0.253 e. The molecule has 5 heteroatoms. The van der Waals surface area contributed by atoms with E-state index in [2.05, 4.69) is 0 Å². The number of halogens is 2. The van der Waals surface area contributed by atoms with Crippen LogP contribution in [0, 0.1) is 0 Å². The molecule has 4 rings (SSSR count). The van der Waals surface area contributed by atoms with Crippen LogP contribution in [0.5, 0.6) is 0 Å². The van der Waals surface area contributed by atoms with Crippen molar-refractivity contribution in [1.82, 2.24) is 5.01 Å². The molecule has 0 saturated heterocycles. The summed E-state index contributed by atoms with van der Waals surface area (Å²) in [6.45, 7) is 0.498. The zero-order chi connectivity index (χ0) is 19.0. The Balaban J connectivity index is 1.69. The zero-order valence-electron chi connectivity index (χ0n) is 14.8. The molecule has 3 aromatic carbocycles. The molecule has 1 aliphatic heterocycles. The van der Waals surface area contributed by atoms with Crippen LogP contribution in [0.25, 0.3) is 0 Å². The van der Waals surface area contributed by atoms with E-state index in [0.29, 0.717) is 16.6 Å². The summed E-state index contributed by atoms with van der Waals surface area (Å²) in [4.78, 5) is 13.4. The van der Waals surface area contributed by atoms with Gasteiger partial charge in [-0.3, -0.25) is 4.79 Å². The summed E-state index contributed by atoms with van der Waals surface area (Å²) in [6.07, 6.45) is 0. The largest absolute Gasteiger partial charge is 0.272 e. The van der Waals surface area contributed by atoms with Gasteiger partial charge in [-0.2, -0.15) is 0 Å². The van der Waals surface area contributed by atoms with Gasteiger partial charge in [0.2, 0.25) is 0 Å². The fraction of sp³-hybridized carbons (Fsp3) is 0.136. The van der Waals surface area contributed by atoms with Crippen molar-refractivity contribution in [2.45, 2.75) is 12.5 Å². The Bertz CT molecular complexity index is 991. The molecule has 0 fully saturated rings. The minimum absolute atomic E-state index is 0.0370. The zero-order valence-corrected chi connectivity index (χ0v) is 16.3. The second-order valence-electron chi connectivity index (χ2n) is 6.60. The van der Waals surface area contributed by atoms with E-state index in [1.165, 1.54) is 0 Å². The average Bonchev–Trinajstić information content (AvgIpc) is 2.96. The molecule has 0 unspecified atom stereocenters. The number of amides is 1. The van der Waals surface area contributed by atoms with E-state index in [0.717, 1.165) is 22.4 Å². The van der Waals surface area contributed by atoms with Gasteiger partial charge in [0, 0.05) is 23.6 Å². The normalized spacial score (nSPS) is 16.1. The first kappa shape index (κ1) is 18.1. The van der Waals surface area contributed by atoms with Gasteiger partial charge in [-0.15, -0.1) is 0 Å². The van der Waals surface area contributed by atoms with E-state index in [-0.39, 0.29) is 11.8 Å². The Morgan fingerprint density at radius 2 is 1.67 bits per heavy atom. The van der Waals surface area contributed by atoms with Crippen LogP contribution >= 0.6 is 23.2 Å². The predicted molar refractivity (Wildman–Crippen MR) is 110 cm³/mol. The highest BCUT2D eigenvalue weighted by atomic mass is 35.5. The highest BCUT2D eigenvalue weighted by Crippen LogP contribution is 2.41. The second kappa shape index (κ2) is 7.35. The quantitative estimate of drug-likeness (QED) is 0.579. The van der Waals surface area contributed by atoms with Crippen molar-refractivity contribution < 1.29 is 4.79 Å². The Hall–Kier alpha value is -2.33. The molecule has 0 N–H and O–H groups in total. The first-order valence-electron chi connectivity index (χ1n) is 8.69. The van der Waals surface area contributed by atoms with Gasteiger partial charge >= 0.3 is 0 Å². The Morgan fingerprint density at radius 1 is 0.963 bits per heavy atom. The molecule has 3 aromatic rings. The van der Waals surface area contributed by atoms with Crippen molar-refractivity contribution in [1.29, 1.82) is 0 Å². The third-order valence-corrected chi connectivity index (χ3v) is 5.41. The lowest BCUT2D eigenvalue weighted by molar-refractivity contribution is -0.121. The lowest BCUT2D eigenvalue weighted by Gasteiger charge is -2.29. The van der Waals surface area contributed by atoms with Crippen molar-refractivity contribution in [3.05, 3.63) is 99.5 Å². The number of rotatable bonds is 4. The van der Waals surface area contributed by atoms with Crippen molar-refractivity contribution in [2.24, 2.45) is 0 Å². The molecule has 1 amide bonds. The summed E-state index contributed by atoms with van der Waals surface area (Å²) in [6, 6.07) is 23.2. The van der Waals surface area contributed by atoms with E-state index in [4.69, 9.17) is 23.2 Å². The van der Waals surface area contributed by atoms with Crippen molar-refractivity contribution in [2.75, 3.05) is 12.1 Å². The van der Waals surface area contributed by atoms with Gasteiger partial charge in [-0.05, 0) is 34.9 Å². The topological polar surface area (TPSA) is 23.6 Å². The number of hydrogen-bond donors (Lipinski definition) is 0. The Morgan fingerprint density at radius 3 is 2.41 bits per heavy atom. The van der Waals surface area contributed by atoms with Gasteiger partial charge in [0.15, 0.2) is 0 Å². The monoisotopic (exact) mass is 396 g/mol. The highest BCUT2D eigenvalue weighted by Gasteiger charge is 2.40. The third-order valence-electron chi connectivity index (χ3n) is 4.82. The first-order chi connectivity index (χ1) is 13.1. The highest BCUT2D eigenvalue weighted by molar-refractivity contribution is 6.35. The fourth-order valence-corrected chi connectivity index (χ4v) is 4.05. The molecule has 27 heavy (non-hydrogen) atoms. The van der Waals surface area contributed by atoms with Gasteiger partial charge in [-0.25, -0.2) is 10.0 Å². The number of fused-ring (bicyclic) bond motifs is 1. The Labute approximate surface area is 168 Å². The van der Waals surface area contributed by atoms with E-state index in [1.54, 1.807) is 11.1 Å². The number of hydrazine groups is 1. The number of para-hydroxylation sites is 1. The van der Waals surface area contributed by atoms with Crippen molar-refractivity contribution in [3.8, 4) is 0 Å². The molecule has 0 spiro atoms. The number of hydrogen-bond acceptors (Lipinski definition) is 2. The maximum absolute atomic E-state index is 13.4. The lowest BCUT2D eigenvalue weighted by Crippen LogP contribution is -2.42. The molecule has 0 aliphatic carbocycles. The maximum Gasteiger partial charge on any atom is 0.253 e. The Kier molecular flexibility index (Phi) is 4.92. The number of carbonyl (C=O) groups is 1. The maximum atomic E-state index is 13.4.